The number of nitrogens with zero attached hydrogens (tertiary/aromatic N) is 5. The molecule has 0 aromatic carbocycles. The summed E-state index contributed by atoms with van der Waals surface area (Å²) >= 11 is 0. The van der Waals surface area contributed by atoms with Gasteiger partial charge in [0.25, 0.3) is 0 Å². The fourth-order valence-electron chi connectivity index (χ4n) is 2.54. The Bertz CT molecular complexity index is 610. The molecule has 0 spiro atoms. The molecule has 6 nitrogen and oxygen atoms in total. The molecule has 3 heterocycles. The molecule has 6 heteroatoms. The molecule has 0 saturated carbocycles. The van der Waals surface area contributed by atoms with E-state index in [0.29, 0.717) is 5.95 Å². The van der Waals surface area contributed by atoms with Gasteiger partial charge in [-0.25, -0.2) is 9.97 Å². The van der Waals surface area contributed by atoms with Gasteiger partial charge in [-0.2, -0.15) is 4.98 Å². The SMILES string of the molecule is Cc1cc(N2CCn3c(nc(C)c3C)C2)nc(N)n1. The summed E-state index contributed by atoms with van der Waals surface area (Å²) in [6.45, 7) is 8.72. The van der Waals surface area contributed by atoms with Gasteiger partial charge >= 0.3 is 0 Å². The second-order valence-corrected chi connectivity index (χ2v) is 5.00. The standard InChI is InChI=1S/C13H18N6/c1-8-6-11(17-13(14)15-8)18-4-5-19-10(3)9(2)16-12(19)7-18/h6H,4-5,7H2,1-3H3,(H2,14,15,17). The van der Waals surface area contributed by atoms with E-state index in [1.807, 2.05) is 13.0 Å². The summed E-state index contributed by atoms with van der Waals surface area (Å²) in [5.74, 6) is 2.31. The Kier molecular flexibility index (Phi) is 2.66. The van der Waals surface area contributed by atoms with Crippen LogP contribution in [0.25, 0.3) is 0 Å². The van der Waals surface area contributed by atoms with E-state index in [1.165, 1.54) is 5.69 Å². The summed E-state index contributed by atoms with van der Waals surface area (Å²) in [4.78, 5) is 15.2. The van der Waals surface area contributed by atoms with Crippen LogP contribution in [0.15, 0.2) is 6.07 Å². The summed E-state index contributed by atoms with van der Waals surface area (Å²) in [7, 11) is 0. The van der Waals surface area contributed by atoms with E-state index >= 15 is 0 Å². The monoisotopic (exact) mass is 258 g/mol. The zero-order chi connectivity index (χ0) is 13.6. The maximum atomic E-state index is 5.72. The first-order valence-electron chi connectivity index (χ1n) is 6.43. The smallest absolute Gasteiger partial charge is 0.222 e. The van der Waals surface area contributed by atoms with Crippen LogP contribution in [-0.4, -0.2) is 26.1 Å². The highest BCUT2D eigenvalue weighted by atomic mass is 15.3. The first kappa shape index (κ1) is 12.0. The van der Waals surface area contributed by atoms with Gasteiger partial charge in [0.15, 0.2) is 0 Å². The molecule has 0 saturated heterocycles. The van der Waals surface area contributed by atoms with Crippen LogP contribution in [0.2, 0.25) is 0 Å². The highest BCUT2D eigenvalue weighted by Gasteiger charge is 2.21. The number of nitrogens with two attached hydrogens (primary N) is 1. The van der Waals surface area contributed by atoms with Crippen LogP contribution in [0.3, 0.4) is 0 Å². The Morgan fingerprint density at radius 1 is 1.11 bits per heavy atom. The highest BCUT2D eigenvalue weighted by molar-refractivity contribution is 5.44. The number of rotatable bonds is 1. The third kappa shape index (κ3) is 2.03. The maximum absolute atomic E-state index is 5.72. The molecule has 19 heavy (non-hydrogen) atoms. The van der Waals surface area contributed by atoms with Crippen LogP contribution in [-0.2, 0) is 13.1 Å². The predicted octanol–water partition coefficient (Wildman–Crippen LogP) is 1.20. The van der Waals surface area contributed by atoms with Crippen molar-refractivity contribution in [3.05, 3.63) is 29.0 Å². The molecule has 2 aromatic rings. The van der Waals surface area contributed by atoms with Crippen molar-refractivity contribution in [3.8, 4) is 0 Å². The molecular weight excluding hydrogens is 240 g/mol. The molecule has 0 bridgehead atoms. The van der Waals surface area contributed by atoms with Crippen LogP contribution in [0.4, 0.5) is 11.8 Å². The molecule has 1 aliphatic heterocycles. The Balaban J connectivity index is 1.93. The van der Waals surface area contributed by atoms with Crippen LogP contribution < -0.4 is 10.6 Å². The lowest BCUT2D eigenvalue weighted by atomic mass is 10.3. The van der Waals surface area contributed by atoms with Gasteiger partial charge in [0.05, 0.1) is 12.2 Å². The molecule has 2 aromatic heterocycles. The largest absolute Gasteiger partial charge is 0.368 e. The van der Waals surface area contributed by atoms with Gasteiger partial charge in [-0.15, -0.1) is 0 Å². The number of imidazole rings is 1. The molecule has 0 amide bonds. The number of hydrogen-bond acceptors (Lipinski definition) is 5. The van der Waals surface area contributed by atoms with Crippen molar-refractivity contribution in [1.82, 2.24) is 19.5 Å². The molecule has 100 valence electrons. The zero-order valence-electron chi connectivity index (χ0n) is 11.5. The van der Waals surface area contributed by atoms with E-state index in [2.05, 4.69) is 38.3 Å². The summed E-state index contributed by atoms with van der Waals surface area (Å²) in [5, 5.41) is 0. The molecule has 0 radical (unpaired) electrons. The first-order chi connectivity index (χ1) is 9.04. The molecule has 0 fully saturated rings. The van der Waals surface area contributed by atoms with Crippen molar-refractivity contribution >= 4 is 11.8 Å². The Morgan fingerprint density at radius 3 is 2.63 bits per heavy atom. The molecule has 0 unspecified atom stereocenters. The second kappa shape index (κ2) is 4.22. The number of aryl methyl sites for hydroxylation is 2. The molecule has 3 rings (SSSR count). The normalized spacial score (nSPS) is 14.6. The van der Waals surface area contributed by atoms with Gasteiger partial charge in [-0.1, -0.05) is 0 Å². The van der Waals surface area contributed by atoms with Gasteiger partial charge in [-0.3, -0.25) is 0 Å². The number of aromatic nitrogens is 4. The number of fused-ring (bicyclic) bond motifs is 1. The second-order valence-electron chi connectivity index (χ2n) is 5.00. The lowest BCUT2D eigenvalue weighted by molar-refractivity contribution is 0.547. The van der Waals surface area contributed by atoms with Crippen molar-refractivity contribution < 1.29 is 0 Å². The fraction of sp³-hybridized carbons (Fsp3) is 0.462. The van der Waals surface area contributed by atoms with E-state index in [4.69, 9.17) is 5.73 Å². The van der Waals surface area contributed by atoms with Gasteiger partial charge in [0.2, 0.25) is 5.95 Å². The minimum Gasteiger partial charge on any atom is -0.368 e. The highest BCUT2D eigenvalue weighted by Crippen LogP contribution is 2.22. The van der Waals surface area contributed by atoms with E-state index in [-0.39, 0.29) is 0 Å². The van der Waals surface area contributed by atoms with Crippen LogP contribution in [0, 0.1) is 20.8 Å². The lowest BCUT2D eigenvalue weighted by Crippen LogP contribution is -2.34. The summed E-state index contributed by atoms with van der Waals surface area (Å²) < 4.78 is 2.28. The minimum atomic E-state index is 0.330. The molecule has 2 N–H and O–H groups in total. The molecule has 1 aliphatic rings. The summed E-state index contributed by atoms with van der Waals surface area (Å²) in [6.07, 6.45) is 0. The first-order valence-corrected chi connectivity index (χ1v) is 6.43. The van der Waals surface area contributed by atoms with Crippen molar-refractivity contribution in [3.63, 3.8) is 0 Å². The van der Waals surface area contributed by atoms with Crippen LogP contribution in [0.5, 0.6) is 0 Å². The summed E-state index contributed by atoms with van der Waals surface area (Å²) in [6, 6.07) is 1.97. The number of hydrogen-bond donors (Lipinski definition) is 1. The van der Waals surface area contributed by atoms with Crippen molar-refractivity contribution in [2.24, 2.45) is 0 Å². The van der Waals surface area contributed by atoms with Gasteiger partial charge in [0, 0.05) is 30.5 Å². The molecule has 0 atom stereocenters. The van der Waals surface area contributed by atoms with Crippen molar-refractivity contribution in [1.29, 1.82) is 0 Å². The van der Waals surface area contributed by atoms with Crippen LogP contribution >= 0.6 is 0 Å². The van der Waals surface area contributed by atoms with Crippen molar-refractivity contribution in [2.45, 2.75) is 33.9 Å². The minimum absolute atomic E-state index is 0.330. The van der Waals surface area contributed by atoms with E-state index < -0.39 is 0 Å². The zero-order valence-corrected chi connectivity index (χ0v) is 11.5. The van der Waals surface area contributed by atoms with Crippen molar-refractivity contribution in [2.75, 3.05) is 17.2 Å². The van der Waals surface area contributed by atoms with E-state index in [0.717, 1.165) is 42.7 Å². The fourth-order valence-corrected chi connectivity index (χ4v) is 2.54. The molecule has 0 aliphatic carbocycles. The molecular formula is C13H18N6. The van der Waals surface area contributed by atoms with Gasteiger partial charge in [-0.05, 0) is 20.8 Å². The van der Waals surface area contributed by atoms with E-state index in [1.54, 1.807) is 0 Å². The predicted molar refractivity (Wildman–Crippen MR) is 73.9 cm³/mol. The lowest BCUT2D eigenvalue weighted by Gasteiger charge is -2.29. The third-order valence-corrected chi connectivity index (χ3v) is 3.64. The third-order valence-electron chi connectivity index (χ3n) is 3.64. The van der Waals surface area contributed by atoms with Gasteiger partial charge in [0.1, 0.15) is 11.6 Å². The van der Waals surface area contributed by atoms with E-state index in [9.17, 15) is 0 Å². The Labute approximate surface area is 112 Å². The van der Waals surface area contributed by atoms with Crippen LogP contribution in [0.1, 0.15) is 22.9 Å². The van der Waals surface area contributed by atoms with Gasteiger partial charge < -0.3 is 15.2 Å². The maximum Gasteiger partial charge on any atom is 0.222 e. The quantitative estimate of drug-likeness (QED) is 0.832. The number of nitrogen functional groups attached to an aromatic ring is 1. The Hall–Kier alpha value is -2.11. The number of anilines is 2. The summed E-state index contributed by atoms with van der Waals surface area (Å²) in [5.41, 5.74) is 8.98. The average molecular weight is 258 g/mol. The Morgan fingerprint density at radius 2 is 1.89 bits per heavy atom. The topological polar surface area (TPSA) is 72.9 Å². The average Bonchev–Trinajstić information content (AvgIpc) is 2.63.